The van der Waals surface area contributed by atoms with Gasteiger partial charge >= 0.3 is 0 Å². The monoisotopic (exact) mass is 532 g/mol. The predicted octanol–water partition coefficient (Wildman–Crippen LogP) is -1.44. The highest BCUT2D eigenvalue weighted by atomic mass is 16.3. The van der Waals surface area contributed by atoms with Gasteiger partial charge in [-0.3, -0.25) is 24.2 Å². The number of guanidine groups is 1. The van der Waals surface area contributed by atoms with Gasteiger partial charge in [0.25, 0.3) is 0 Å². The zero-order chi connectivity index (χ0) is 28.1. The molecule has 1 heterocycles. The number of nitrogens with one attached hydrogen (secondary N) is 2. The van der Waals surface area contributed by atoms with Crippen LogP contribution in [0, 0.1) is 0 Å². The summed E-state index contributed by atoms with van der Waals surface area (Å²) in [7, 11) is 0. The summed E-state index contributed by atoms with van der Waals surface area (Å²) >= 11 is 0. The van der Waals surface area contributed by atoms with Crippen molar-refractivity contribution in [1.82, 2.24) is 15.5 Å². The van der Waals surface area contributed by atoms with Gasteiger partial charge in [0.05, 0.1) is 6.42 Å². The maximum atomic E-state index is 13.2. The van der Waals surface area contributed by atoms with Crippen molar-refractivity contribution in [3.8, 4) is 5.75 Å². The van der Waals surface area contributed by atoms with Gasteiger partial charge in [-0.25, -0.2) is 0 Å². The first-order valence-corrected chi connectivity index (χ1v) is 12.8. The van der Waals surface area contributed by atoms with Gasteiger partial charge in [0.1, 0.15) is 23.9 Å². The molecule has 1 aromatic carbocycles. The number of nitrogens with two attached hydrogens (primary N) is 4. The van der Waals surface area contributed by atoms with E-state index in [1.807, 2.05) is 0 Å². The number of rotatable bonds is 15. The third-order valence-electron chi connectivity index (χ3n) is 6.35. The third-order valence-corrected chi connectivity index (χ3v) is 6.35. The molecule has 1 saturated heterocycles. The molecule has 0 radical (unpaired) electrons. The van der Waals surface area contributed by atoms with Crippen molar-refractivity contribution in [3.63, 3.8) is 0 Å². The van der Waals surface area contributed by atoms with Crippen LogP contribution in [0.3, 0.4) is 0 Å². The summed E-state index contributed by atoms with van der Waals surface area (Å²) < 4.78 is 0. The standard InChI is InChI=1S/C25H40N8O5/c26-12-2-1-5-19(23(37)31-18(22(27)36)6-3-13-30-25(28)29)32-24(38)20-7-4-14-33(20)21(35)15-16-8-10-17(34)11-9-16/h8-11,18-20,34H,1-7,12-15,26H2,(H2,27,36)(H,31,37)(H,32,38)(H4,28,29,30)/t18-,19+,20+/m1/s1. The first-order chi connectivity index (χ1) is 18.1. The number of likely N-dealkylation sites (tertiary alicyclic amines) is 1. The van der Waals surface area contributed by atoms with Crippen molar-refractivity contribution < 1.29 is 24.3 Å². The highest BCUT2D eigenvalue weighted by molar-refractivity contribution is 5.94. The van der Waals surface area contributed by atoms with Crippen LogP contribution in [-0.2, 0) is 25.6 Å². The Balaban J connectivity index is 2.04. The van der Waals surface area contributed by atoms with Crippen molar-refractivity contribution >= 4 is 29.6 Å². The number of amides is 4. The molecule has 0 spiro atoms. The van der Waals surface area contributed by atoms with Gasteiger partial charge in [0.2, 0.25) is 23.6 Å². The van der Waals surface area contributed by atoms with E-state index in [-0.39, 0.29) is 37.0 Å². The van der Waals surface area contributed by atoms with Gasteiger partial charge < -0.3 is 43.6 Å². The Morgan fingerprint density at radius 2 is 1.68 bits per heavy atom. The number of phenols is 1. The van der Waals surface area contributed by atoms with E-state index in [2.05, 4.69) is 15.6 Å². The zero-order valence-corrected chi connectivity index (χ0v) is 21.6. The molecule has 38 heavy (non-hydrogen) atoms. The fourth-order valence-electron chi connectivity index (χ4n) is 4.32. The average Bonchev–Trinajstić information content (AvgIpc) is 3.36. The number of nitrogens with zero attached hydrogens (tertiary/aromatic N) is 2. The van der Waals surface area contributed by atoms with Crippen molar-refractivity contribution in [1.29, 1.82) is 0 Å². The SMILES string of the molecule is NCCCC[C@H](NC(=O)[C@@H]1CCCN1C(=O)Cc1ccc(O)cc1)C(=O)N[C@H](CCCN=C(N)N)C(N)=O. The Labute approximate surface area is 222 Å². The second-order valence-electron chi connectivity index (χ2n) is 9.35. The lowest BCUT2D eigenvalue weighted by atomic mass is 10.1. The van der Waals surface area contributed by atoms with E-state index in [9.17, 15) is 24.3 Å². The largest absolute Gasteiger partial charge is 0.508 e. The minimum Gasteiger partial charge on any atom is -0.508 e. The molecule has 0 aliphatic carbocycles. The van der Waals surface area contributed by atoms with Crippen LogP contribution in [0.5, 0.6) is 5.75 Å². The van der Waals surface area contributed by atoms with Crippen LogP contribution in [0.4, 0.5) is 0 Å². The minimum atomic E-state index is -0.958. The summed E-state index contributed by atoms with van der Waals surface area (Å²) in [6.45, 7) is 1.13. The van der Waals surface area contributed by atoms with Crippen LogP contribution in [-0.4, -0.2) is 77.4 Å². The highest BCUT2D eigenvalue weighted by Gasteiger charge is 2.36. The Bertz CT molecular complexity index is 980. The van der Waals surface area contributed by atoms with Crippen molar-refractivity contribution in [2.45, 2.75) is 69.5 Å². The molecule has 210 valence electrons. The zero-order valence-electron chi connectivity index (χ0n) is 21.6. The van der Waals surface area contributed by atoms with Crippen LogP contribution in [0.15, 0.2) is 29.3 Å². The molecule has 0 saturated carbocycles. The number of phenolic OH excluding ortho intramolecular Hbond substituents is 1. The molecule has 1 aromatic rings. The molecular weight excluding hydrogens is 492 g/mol. The molecule has 0 bridgehead atoms. The number of primary amides is 1. The smallest absolute Gasteiger partial charge is 0.243 e. The van der Waals surface area contributed by atoms with E-state index in [1.54, 1.807) is 12.1 Å². The Hall–Kier alpha value is -3.87. The molecule has 1 aliphatic heterocycles. The molecule has 3 atom stereocenters. The third kappa shape index (κ3) is 9.88. The van der Waals surface area contributed by atoms with E-state index >= 15 is 0 Å². The van der Waals surface area contributed by atoms with Crippen molar-refractivity contribution in [2.75, 3.05) is 19.6 Å². The number of benzene rings is 1. The molecule has 13 nitrogen and oxygen atoms in total. The topological polar surface area (TPSA) is 232 Å². The summed E-state index contributed by atoms with van der Waals surface area (Å²) in [4.78, 5) is 56.6. The molecule has 4 amide bonds. The summed E-state index contributed by atoms with van der Waals surface area (Å²) in [6, 6.07) is 3.72. The van der Waals surface area contributed by atoms with Crippen LogP contribution in [0.25, 0.3) is 0 Å². The van der Waals surface area contributed by atoms with Gasteiger partial charge in [0, 0.05) is 13.1 Å². The maximum Gasteiger partial charge on any atom is 0.243 e. The van der Waals surface area contributed by atoms with Gasteiger partial charge in [-0.1, -0.05) is 12.1 Å². The normalized spacial score (nSPS) is 16.3. The summed E-state index contributed by atoms with van der Waals surface area (Å²) in [5.74, 6) is -1.87. The number of hydrogen-bond acceptors (Lipinski definition) is 7. The van der Waals surface area contributed by atoms with E-state index in [0.717, 1.165) is 5.56 Å². The summed E-state index contributed by atoms with van der Waals surface area (Å²) in [5, 5.41) is 14.9. The van der Waals surface area contributed by atoms with Crippen molar-refractivity contribution in [2.24, 2.45) is 27.9 Å². The number of hydrogen-bond donors (Lipinski definition) is 7. The number of carbonyl (C=O) groups excluding carboxylic acids is 4. The van der Waals surface area contributed by atoms with E-state index in [0.29, 0.717) is 51.6 Å². The number of carbonyl (C=O) groups is 4. The lowest BCUT2D eigenvalue weighted by Crippen LogP contribution is -2.56. The molecule has 1 fully saturated rings. The van der Waals surface area contributed by atoms with E-state index in [1.165, 1.54) is 17.0 Å². The molecule has 11 N–H and O–H groups in total. The second kappa shape index (κ2) is 15.4. The molecule has 0 unspecified atom stereocenters. The molecule has 1 aliphatic rings. The molecular formula is C25H40N8O5. The lowest BCUT2D eigenvalue weighted by Gasteiger charge is -2.27. The number of aromatic hydroxyl groups is 1. The van der Waals surface area contributed by atoms with Crippen LogP contribution in [0.1, 0.15) is 50.5 Å². The fraction of sp³-hybridized carbons (Fsp3) is 0.560. The molecule has 2 rings (SSSR count). The van der Waals surface area contributed by atoms with Gasteiger partial charge in [-0.15, -0.1) is 0 Å². The predicted molar refractivity (Wildman–Crippen MR) is 142 cm³/mol. The molecule has 0 aromatic heterocycles. The van der Waals surface area contributed by atoms with Crippen LogP contribution >= 0.6 is 0 Å². The van der Waals surface area contributed by atoms with E-state index < -0.39 is 35.8 Å². The second-order valence-corrected chi connectivity index (χ2v) is 9.35. The number of unbranched alkanes of at least 4 members (excludes halogenated alkanes) is 1. The lowest BCUT2D eigenvalue weighted by molar-refractivity contribution is -0.139. The van der Waals surface area contributed by atoms with Gasteiger partial charge in [0.15, 0.2) is 5.96 Å². The summed E-state index contributed by atoms with van der Waals surface area (Å²) in [6.07, 6.45) is 3.39. The van der Waals surface area contributed by atoms with Gasteiger partial charge in [-0.2, -0.15) is 0 Å². The minimum absolute atomic E-state index is 0.0742. The van der Waals surface area contributed by atoms with Crippen LogP contribution in [0.2, 0.25) is 0 Å². The average molecular weight is 533 g/mol. The summed E-state index contributed by atoms with van der Waals surface area (Å²) in [5.41, 5.74) is 22.4. The first kappa shape index (κ1) is 30.4. The van der Waals surface area contributed by atoms with Crippen LogP contribution < -0.4 is 33.6 Å². The van der Waals surface area contributed by atoms with Crippen molar-refractivity contribution in [3.05, 3.63) is 29.8 Å². The fourth-order valence-corrected chi connectivity index (χ4v) is 4.32. The Morgan fingerprint density at radius 3 is 2.32 bits per heavy atom. The van der Waals surface area contributed by atoms with Gasteiger partial charge in [-0.05, 0) is 69.2 Å². The highest BCUT2D eigenvalue weighted by Crippen LogP contribution is 2.20. The van der Waals surface area contributed by atoms with E-state index in [4.69, 9.17) is 22.9 Å². The Kier molecular flexibility index (Phi) is 12.3. The Morgan fingerprint density at radius 1 is 1.00 bits per heavy atom. The molecule has 13 heteroatoms. The first-order valence-electron chi connectivity index (χ1n) is 12.8. The quantitative estimate of drug-likeness (QED) is 0.0801. The number of aliphatic imine (C=N–C) groups is 1. The maximum absolute atomic E-state index is 13.2.